The van der Waals surface area contributed by atoms with Gasteiger partial charge in [0, 0.05) is 11.8 Å². The van der Waals surface area contributed by atoms with E-state index in [-0.39, 0.29) is 23.7 Å². The van der Waals surface area contributed by atoms with Gasteiger partial charge in [-0.3, -0.25) is 0 Å². The molecule has 0 amide bonds. The lowest BCUT2D eigenvalue weighted by atomic mass is 10.1. The molecule has 0 aromatic heterocycles. The summed E-state index contributed by atoms with van der Waals surface area (Å²) >= 11 is 0. The molecule has 0 radical (unpaired) electrons. The van der Waals surface area contributed by atoms with E-state index in [0.717, 1.165) is 24.3 Å². The van der Waals surface area contributed by atoms with Gasteiger partial charge in [0.25, 0.3) is 0 Å². The summed E-state index contributed by atoms with van der Waals surface area (Å²) in [7, 11) is 0. The van der Waals surface area contributed by atoms with Crippen molar-refractivity contribution in [2.45, 2.75) is 44.6 Å². The molecular weight excluding hydrogens is 438 g/mol. The fourth-order valence-corrected chi connectivity index (χ4v) is 2.94. The highest BCUT2D eigenvalue weighted by Crippen LogP contribution is 2.35. The second-order valence-electron chi connectivity index (χ2n) is 6.98. The molecular formula is C22H20F6N2O2. The maximum Gasteiger partial charge on any atom is 0.417 e. The van der Waals surface area contributed by atoms with Crippen LogP contribution in [0.2, 0.25) is 0 Å². The van der Waals surface area contributed by atoms with Crippen molar-refractivity contribution in [2.24, 2.45) is 0 Å². The van der Waals surface area contributed by atoms with Crippen LogP contribution in [0.1, 0.15) is 48.4 Å². The zero-order chi connectivity index (χ0) is 23.9. The molecule has 1 atom stereocenters. The number of hydrogen-bond acceptors (Lipinski definition) is 4. The summed E-state index contributed by atoms with van der Waals surface area (Å²) in [5.74, 6) is 0.0236. The van der Waals surface area contributed by atoms with Crippen molar-refractivity contribution >= 4 is 6.21 Å². The number of unbranched alkanes of at least 4 members (excludes halogenated alkanes) is 1. The third kappa shape index (κ3) is 6.90. The van der Waals surface area contributed by atoms with E-state index < -0.39 is 35.1 Å². The van der Waals surface area contributed by atoms with Gasteiger partial charge in [-0.1, -0.05) is 0 Å². The molecule has 0 aliphatic carbocycles. The number of rotatable bonds is 9. The second-order valence-corrected chi connectivity index (χ2v) is 6.98. The number of nitrogens with zero attached hydrogens (tertiary/aromatic N) is 1. The zero-order valence-corrected chi connectivity index (χ0v) is 17.0. The lowest BCUT2D eigenvalue weighted by molar-refractivity contribution is -0.138. The molecule has 32 heavy (non-hydrogen) atoms. The number of hydrogen-bond donors (Lipinski definition) is 1. The molecule has 0 aliphatic heterocycles. The van der Waals surface area contributed by atoms with Crippen LogP contribution in [0.4, 0.5) is 26.3 Å². The standard InChI is InChI=1S/C22H20F6N2O2/c1-14(32-18-8-6-16(13-30)20(11-18)22(26,27)28)4-2-3-9-31-17-7-5-15(12-29)19(10-17)21(23,24)25/h5-8,10-12,14,29H,2-4,9H2,1H3. The number of halogens is 6. The molecule has 0 saturated carbocycles. The highest BCUT2D eigenvalue weighted by Gasteiger charge is 2.34. The predicted octanol–water partition coefficient (Wildman–Crippen LogP) is 6.61. The van der Waals surface area contributed by atoms with Crippen molar-refractivity contribution in [3.63, 3.8) is 0 Å². The molecule has 0 fully saturated rings. The average Bonchev–Trinajstić information content (AvgIpc) is 2.72. The zero-order valence-electron chi connectivity index (χ0n) is 17.0. The Morgan fingerprint density at radius 1 is 0.969 bits per heavy atom. The lowest BCUT2D eigenvalue weighted by Crippen LogP contribution is -2.14. The van der Waals surface area contributed by atoms with E-state index in [9.17, 15) is 26.3 Å². The van der Waals surface area contributed by atoms with Crippen LogP contribution in [0.25, 0.3) is 0 Å². The number of nitrogens with one attached hydrogen (secondary N) is 1. The molecule has 1 N–H and O–H groups in total. The van der Waals surface area contributed by atoms with Gasteiger partial charge in [-0.25, -0.2) is 0 Å². The molecule has 0 heterocycles. The van der Waals surface area contributed by atoms with E-state index in [0.29, 0.717) is 25.5 Å². The van der Waals surface area contributed by atoms with E-state index in [2.05, 4.69) is 0 Å². The van der Waals surface area contributed by atoms with Gasteiger partial charge in [0.2, 0.25) is 0 Å². The molecule has 172 valence electrons. The molecule has 4 nitrogen and oxygen atoms in total. The highest BCUT2D eigenvalue weighted by molar-refractivity contribution is 5.80. The van der Waals surface area contributed by atoms with E-state index in [1.165, 1.54) is 18.2 Å². The number of alkyl halides is 6. The van der Waals surface area contributed by atoms with Crippen LogP contribution in [0.15, 0.2) is 36.4 Å². The van der Waals surface area contributed by atoms with Crippen LogP contribution in [0.3, 0.4) is 0 Å². The Morgan fingerprint density at radius 3 is 2.19 bits per heavy atom. The first-order valence-electron chi connectivity index (χ1n) is 9.58. The molecule has 0 bridgehead atoms. The third-order valence-corrected chi connectivity index (χ3v) is 4.51. The van der Waals surface area contributed by atoms with Crippen LogP contribution in [-0.2, 0) is 12.4 Å². The maximum absolute atomic E-state index is 13.0. The van der Waals surface area contributed by atoms with Crippen molar-refractivity contribution in [3.05, 3.63) is 58.7 Å². The van der Waals surface area contributed by atoms with Gasteiger partial charge in [0.15, 0.2) is 0 Å². The average molecular weight is 458 g/mol. The number of ether oxygens (including phenoxy) is 2. The van der Waals surface area contributed by atoms with Crippen LogP contribution in [-0.4, -0.2) is 18.9 Å². The van der Waals surface area contributed by atoms with Crippen molar-refractivity contribution in [2.75, 3.05) is 6.61 Å². The Balaban J connectivity index is 1.84. The van der Waals surface area contributed by atoms with Crippen LogP contribution >= 0.6 is 0 Å². The minimum Gasteiger partial charge on any atom is -0.494 e. The Morgan fingerprint density at radius 2 is 1.59 bits per heavy atom. The molecule has 0 spiro atoms. The van der Waals surface area contributed by atoms with Gasteiger partial charge in [0.1, 0.15) is 11.5 Å². The smallest absolute Gasteiger partial charge is 0.417 e. The molecule has 2 aromatic carbocycles. The summed E-state index contributed by atoms with van der Waals surface area (Å²) in [6.07, 6.45) is -7.54. The van der Waals surface area contributed by atoms with E-state index in [4.69, 9.17) is 20.1 Å². The van der Waals surface area contributed by atoms with Crippen molar-refractivity contribution in [1.29, 1.82) is 10.7 Å². The topological polar surface area (TPSA) is 66.1 Å². The van der Waals surface area contributed by atoms with Crippen molar-refractivity contribution < 1.29 is 35.8 Å². The Kier molecular flexibility index (Phi) is 8.14. The molecule has 10 heteroatoms. The van der Waals surface area contributed by atoms with Crippen molar-refractivity contribution in [1.82, 2.24) is 0 Å². The summed E-state index contributed by atoms with van der Waals surface area (Å²) in [4.78, 5) is 0. The summed E-state index contributed by atoms with van der Waals surface area (Å²) in [6, 6.07) is 7.99. The minimum atomic E-state index is -4.67. The lowest BCUT2D eigenvalue weighted by Gasteiger charge is -2.17. The van der Waals surface area contributed by atoms with Gasteiger partial charge in [0.05, 0.1) is 35.5 Å². The highest BCUT2D eigenvalue weighted by atomic mass is 19.4. The Bertz CT molecular complexity index is 980. The number of nitriles is 1. The van der Waals surface area contributed by atoms with E-state index >= 15 is 0 Å². The SMILES string of the molecule is CC(CCCCOc1ccc(C=N)c(C(F)(F)F)c1)Oc1ccc(C#N)c(C(F)(F)F)c1. The van der Waals surface area contributed by atoms with Crippen LogP contribution in [0.5, 0.6) is 11.5 Å². The van der Waals surface area contributed by atoms with E-state index in [1.807, 2.05) is 0 Å². The van der Waals surface area contributed by atoms with Gasteiger partial charge in [-0.2, -0.15) is 31.6 Å². The normalized spacial score (nSPS) is 12.7. The van der Waals surface area contributed by atoms with Crippen LogP contribution < -0.4 is 9.47 Å². The summed E-state index contributed by atoms with van der Waals surface area (Å²) in [6.45, 7) is 1.82. The molecule has 0 aliphatic rings. The maximum atomic E-state index is 13.0. The minimum absolute atomic E-state index is 0.00829. The fraction of sp³-hybridized carbons (Fsp3) is 0.364. The van der Waals surface area contributed by atoms with Gasteiger partial charge < -0.3 is 14.9 Å². The molecule has 2 rings (SSSR count). The summed E-state index contributed by atoms with van der Waals surface area (Å²) < 4.78 is 88.9. The molecule has 0 saturated heterocycles. The fourth-order valence-electron chi connectivity index (χ4n) is 2.94. The largest absolute Gasteiger partial charge is 0.494 e. The Labute approximate surface area is 180 Å². The first-order valence-corrected chi connectivity index (χ1v) is 9.58. The summed E-state index contributed by atoms with van der Waals surface area (Å²) in [5.41, 5.74) is -2.76. The number of benzene rings is 2. The first kappa shape index (κ1) is 25.0. The van der Waals surface area contributed by atoms with Gasteiger partial charge in [-0.05, 0) is 62.6 Å². The molecule has 2 aromatic rings. The third-order valence-electron chi connectivity index (χ3n) is 4.51. The first-order chi connectivity index (χ1) is 15.0. The van der Waals surface area contributed by atoms with Crippen LogP contribution in [0, 0.1) is 16.7 Å². The van der Waals surface area contributed by atoms with Gasteiger partial charge in [-0.15, -0.1) is 0 Å². The predicted molar refractivity (Wildman–Crippen MR) is 105 cm³/mol. The molecule has 1 unspecified atom stereocenters. The quantitative estimate of drug-likeness (QED) is 0.261. The second kappa shape index (κ2) is 10.4. The summed E-state index contributed by atoms with van der Waals surface area (Å²) in [5, 5.41) is 15.9. The monoisotopic (exact) mass is 458 g/mol. The van der Waals surface area contributed by atoms with Gasteiger partial charge >= 0.3 is 12.4 Å². The Hall–Kier alpha value is -3.22. The van der Waals surface area contributed by atoms with E-state index in [1.54, 1.807) is 6.92 Å². The van der Waals surface area contributed by atoms with Crippen molar-refractivity contribution in [3.8, 4) is 17.6 Å².